The zero-order chi connectivity index (χ0) is 19.0. The second-order valence-corrected chi connectivity index (χ2v) is 8.06. The molecular weight excluding hydrogens is 430 g/mol. The van der Waals surface area contributed by atoms with Crippen LogP contribution < -0.4 is 9.80 Å². The molecule has 2 aromatic carbocycles. The molecular formula is C20H19BrClN3O2. The van der Waals surface area contributed by atoms with E-state index < -0.39 is 0 Å². The summed E-state index contributed by atoms with van der Waals surface area (Å²) in [7, 11) is 0. The lowest BCUT2D eigenvalue weighted by Gasteiger charge is -2.38. The summed E-state index contributed by atoms with van der Waals surface area (Å²) in [6.07, 6.45) is 0.237. The van der Waals surface area contributed by atoms with Crippen LogP contribution in [0.25, 0.3) is 0 Å². The Kier molecular flexibility index (Phi) is 5.21. The maximum absolute atomic E-state index is 12.9. The third kappa shape index (κ3) is 3.61. The van der Waals surface area contributed by atoms with Crippen molar-refractivity contribution in [1.82, 2.24) is 4.90 Å². The summed E-state index contributed by atoms with van der Waals surface area (Å²) in [6, 6.07) is 14.7. The Morgan fingerprint density at radius 3 is 2.26 bits per heavy atom. The standard InChI is InChI=1S/C20H19BrClN3O2/c21-14-5-7-15(8-6-14)25-19(26)13-18(20(25)27)24-11-9-23(10-12-24)17-4-2-1-3-16(17)22/h1-8,18H,9-13H2/t18-/m0/s1. The topological polar surface area (TPSA) is 43.9 Å². The van der Waals surface area contributed by atoms with E-state index in [-0.39, 0.29) is 24.3 Å². The number of rotatable bonds is 3. The van der Waals surface area contributed by atoms with Crippen LogP contribution >= 0.6 is 27.5 Å². The summed E-state index contributed by atoms with van der Waals surface area (Å²) in [5.74, 6) is -0.269. The largest absolute Gasteiger partial charge is 0.368 e. The molecule has 5 nitrogen and oxygen atoms in total. The molecule has 0 unspecified atom stereocenters. The third-order valence-corrected chi connectivity index (χ3v) is 6.00. The Morgan fingerprint density at radius 1 is 0.926 bits per heavy atom. The summed E-state index contributed by atoms with van der Waals surface area (Å²) in [5.41, 5.74) is 1.65. The van der Waals surface area contributed by atoms with Gasteiger partial charge in [0.1, 0.15) is 0 Å². The van der Waals surface area contributed by atoms with Crippen LogP contribution in [-0.2, 0) is 9.59 Å². The van der Waals surface area contributed by atoms with Gasteiger partial charge in [0.05, 0.1) is 28.9 Å². The number of imide groups is 1. The lowest BCUT2D eigenvalue weighted by atomic mass is 10.1. The average Bonchev–Trinajstić information content (AvgIpc) is 2.97. The summed E-state index contributed by atoms with van der Waals surface area (Å²) >= 11 is 9.68. The van der Waals surface area contributed by atoms with Crippen LogP contribution in [0.2, 0.25) is 5.02 Å². The van der Waals surface area contributed by atoms with Gasteiger partial charge in [-0.15, -0.1) is 0 Å². The zero-order valence-electron chi connectivity index (χ0n) is 14.6. The first-order chi connectivity index (χ1) is 13.0. The molecule has 0 N–H and O–H groups in total. The van der Waals surface area contributed by atoms with E-state index in [1.54, 1.807) is 12.1 Å². The number of piperazine rings is 1. The molecule has 2 amide bonds. The molecule has 2 fully saturated rings. The Labute approximate surface area is 171 Å². The fourth-order valence-corrected chi connectivity index (χ4v) is 4.26. The highest BCUT2D eigenvalue weighted by Crippen LogP contribution is 2.29. The van der Waals surface area contributed by atoms with E-state index >= 15 is 0 Å². The first kappa shape index (κ1) is 18.5. The van der Waals surface area contributed by atoms with E-state index in [0.29, 0.717) is 5.69 Å². The minimum atomic E-state index is -0.380. The molecule has 140 valence electrons. The molecule has 0 aliphatic carbocycles. The third-order valence-electron chi connectivity index (χ3n) is 5.16. The molecule has 1 atom stereocenters. The van der Waals surface area contributed by atoms with Crippen molar-refractivity contribution in [3.63, 3.8) is 0 Å². The van der Waals surface area contributed by atoms with Crippen LogP contribution in [0, 0.1) is 0 Å². The molecule has 2 aromatic rings. The molecule has 2 saturated heterocycles. The van der Waals surface area contributed by atoms with Gasteiger partial charge in [-0.1, -0.05) is 39.7 Å². The molecule has 0 aromatic heterocycles. The maximum atomic E-state index is 12.9. The quantitative estimate of drug-likeness (QED) is 0.674. The fourth-order valence-electron chi connectivity index (χ4n) is 3.75. The van der Waals surface area contributed by atoms with Crippen molar-refractivity contribution < 1.29 is 9.59 Å². The van der Waals surface area contributed by atoms with Crippen molar-refractivity contribution >= 4 is 50.7 Å². The molecule has 27 heavy (non-hydrogen) atoms. The minimum Gasteiger partial charge on any atom is -0.368 e. The van der Waals surface area contributed by atoms with Crippen LogP contribution in [0.5, 0.6) is 0 Å². The summed E-state index contributed by atoms with van der Waals surface area (Å²) in [6.45, 7) is 3.01. The number of anilines is 2. The highest BCUT2D eigenvalue weighted by Gasteiger charge is 2.43. The molecule has 0 spiro atoms. The van der Waals surface area contributed by atoms with Gasteiger partial charge in [0.15, 0.2) is 0 Å². The Morgan fingerprint density at radius 2 is 1.59 bits per heavy atom. The van der Waals surface area contributed by atoms with Crippen LogP contribution in [-0.4, -0.2) is 48.9 Å². The number of carbonyl (C=O) groups is 2. The Hall–Kier alpha value is -1.89. The summed E-state index contributed by atoms with van der Waals surface area (Å²) < 4.78 is 0.914. The molecule has 2 aliphatic heterocycles. The number of benzene rings is 2. The molecule has 2 aliphatic rings. The molecule has 0 saturated carbocycles. The normalized spacial score (nSPS) is 21.2. The Balaban J connectivity index is 1.44. The van der Waals surface area contributed by atoms with Crippen molar-refractivity contribution in [2.75, 3.05) is 36.0 Å². The predicted molar refractivity (Wildman–Crippen MR) is 110 cm³/mol. The van der Waals surface area contributed by atoms with E-state index in [1.165, 1.54) is 4.90 Å². The second-order valence-electron chi connectivity index (χ2n) is 6.74. The monoisotopic (exact) mass is 447 g/mol. The maximum Gasteiger partial charge on any atom is 0.251 e. The van der Waals surface area contributed by atoms with Gasteiger partial charge in [-0.05, 0) is 36.4 Å². The van der Waals surface area contributed by atoms with Gasteiger partial charge in [-0.2, -0.15) is 0 Å². The van der Waals surface area contributed by atoms with E-state index in [9.17, 15) is 9.59 Å². The zero-order valence-corrected chi connectivity index (χ0v) is 17.0. The van der Waals surface area contributed by atoms with Crippen molar-refractivity contribution in [2.45, 2.75) is 12.5 Å². The number of nitrogens with zero attached hydrogens (tertiary/aromatic N) is 3. The Bertz CT molecular complexity index is 866. The van der Waals surface area contributed by atoms with Gasteiger partial charge in [-0.25, -0.2) is 4.90 Å². The lowest BCUT2D eigenvalue weighted by molar-refractivity contribution is -0.123. The van der Waals surface area contributed by atoms with Crippen LogP contribution in [0.4, 0.5) is 11.4 Å². The first-order valence-electron chi connectivity index (χ1n) is 8.90. The summed E-state index contributed by atoms with van der Waals surface area (Å²) in [4.78, 5) is 31.1. The smallest absolute Gasteiger partial charge is 0.251 e. The second kappa shape index (κ2) is 7.62. The fraction of sp³-hybridized carbons (Fsp3) is 0.300. The molecule has 0 bridgehead atoms. The van der Waals surface area contributed by atoms with Crippen LogP contribution in [0.3, 0.4) is 0 Å². The van der Waals surface area contributed by atoms with Crippen molar-refractivity contribution in [1.29, 1.82) is 0 Å². The molecule has 2 heterocycles. The van der Waals surface area contributed by atoms with Gasteiger partial charge in [0.25, 0.3) is 5.91 Å². The van der Waals surface area contributed by atoms with Crippen LogP contribution in [0.15, 0.2) is 53.0 Å². The number of halogens is 2. The van der Waals surface area contributed by atoms with Gasteiger partial charge < -0.3 is 4.90 Å². The van der Waals surface area contributed by atoms with Gasteiger partial charge in [0.2, 0.25) is 5.91 Å². The van der Waals surface area contributed by atoms with E-state index in [2.05, 4.69) is 25.7 Å². The number of hydrogen-bond donors (Lipinski definition) is 0. The average molecular weight is 449 g/mol. The first-order valence-corrected chi connectivity index (χ1v) is 10.1. The van der Waals surface area contributed by atoms with E-state index in [4.69, 9.17) is 11.6 Å². The predicted octanol–water partition coefficient (Wildman–Crippen LogP) is 3.56. The van der Waals surface area contributed by atoms with Crippen molar-refractivity contribution in [2.24, 2.45) is 0 Å². The number of amides is 2. The highest BCUT2D eigenvalue weighted by atomic mass is 79.9. The number of carbonyl (C=O) groups excluding carboxylic acids is 2. The lowest BCUT2D eigenvalue weighted by Crippen LogP contribution is -2.52. The molecule has 0 radical (unpaired) electrons. The van der Waals surface area contributed by atoms with Crippen LogP contribution in [0.1, 0.15) is 6.42 Å². The van der Waals surface area contributed by atoms with E-state index in [0.717, 1.165) is 41.4 Å². The SMILES string of the molecule is O=C1C[C@H](N2CCN(c3ccccc3Cl)CC2)C(=O)N1c1ccc(Br)cc1. The number of para-hydroxylation sites is 1. The van der Waals surface area contributed by atoms with Gasteiger partial charge in [-0.3, -0.25) is 14.5 Å². The van der Waals surface area contributed by atoms with Crippen molar-refractivity contribution in [3.05, 3.63) is 58.0 Å². The van der Waals surface area contributed by atoms with E-state index in [1.807, 2.05) is 36.4 Å². The molecule has 7 heteroatoms. The van der Waals surface area contributed by atoms with Gasteiger partial charge in [0, 0.05) is 30.7 Å². The summed E-state index contributed by atoms with van der Waals surface area (Å²) in [5, 5.41) is 0.736. The molecule has 4 rings (SSSR count). The number of hydrogen-bond acceptors (Lipinski definition) is 4. The van der Waals surface area contributed by atoms with Gasteiger partial charge >= 0.3 is 0 Å². The minimum absolute atomic E-state index is 0.131. The highest BCUT2D eigenvalue weighted by molar-refractivity contribution is 9.10. The van der Waals surface area contributed by atoms with Crippen molar-refractivity contribution in [3.8, 4) is 0 Å².